The average molecular weight is 628 g/mol. The Morgan fingerprint density at radius 3 is 1.70 bits per heavy atom. The van der Waals surface area contributed by atoms with Gasteiger partial charge in [0.1, 0.15) is 24.4 Å². The molecule has 1 N–H and O–H groups in total. The predicted molar refractivity (Wildman–Crippen MR) is 164 cm³/mol. The minimum atomic E-state index is -4.07. The van der Waals surface area contributed by atoms with Crippen LogP contribution in [0.15, 0.2) is 91.0 Å². The molecule has 0 aliphatic carbocycles. The molecule has 3 aromatic rings. The predicted octanol–water partition coefficient (Wildman–Crippen LogP) is 5.80. The minimum absolute atomic E-state index is 0.0785. The van der Waals surface area contributed by atoms with E-state index < -0.39 is 38.5 Å². The summed E-state index contributed by atoms with van der Waals surface area (Å²) in [5, 5.41) is 2.89. The summed E-state index contributed by atoms with van der Waals surface area (Å²) >= 11 is 0. The number of amides is 1. The Morgan fingerprint density at radius 1 is 0.750 bits per heavy atom. The minimum Gasteiger partial charge on any atom is -0.374 e. The van der Waals surface area contributed by atoms with Crippen molar-refractivity contribution < 1.29 is 41.9 Å². The molecule has 5 atom stereocenters. The highest BCUT2D eigenvalue weighted by molar-refractivity contribution is 7.48. The van der Waals surface area contributed by atoms with Crippen LogP contribution in [0.3, 0.4) is 0 Å². The van der Waals surface area contributed by atoms with Crippen molar-refractivity contribution in [3.8, 4) is 0 Å². The Bertz CT molecular complexity index is 1290. The summed E-state index contributed by atoms with van der Waals surface area (Å²) in [5.41, 5.74) is 2.86. The monoisotopic (exact) mass is 627 g/mol. The van der Waals surface area contributed by atoms with E-state index in [2.05, 4.69) is 5.32 Å². The van der Waals surface area contributed by atoms with Gasteiger partial charge < -0.3 is 24.3 Å². The molecule has 0 spiro atoms. The lowest BCUT2D eigenvalue weighted by molar-refractivity contribution is -0.273. The van der Waals surface area contributed by atoms with Crippen molar-refractivity contribution in [2.75, 3.05) is 19.8 Å². The van der Waals surface area contributed by atoms with Gasteiger partial charge >= 0.3 is 7.82 Å². The van der Waals surface area contributed by atoms with Gasteiger partial charge in [0.15, 0.2) is 6.29 Å². The average Bonchev–Trinajstić information content (AvgIpc) is 3.02. The Balaban J connectivity index is 1.67. The molecule has 4 rings (SSSR count). The highest BCUT2D eigenvalue weighted by atomic mass is 31.2. The molecule has 44 heavy (non-hydrogen) atoms. The van der Waals surface area contributed by atoms with Crippen LogP contribution in [0, 0.1) is 0 Å². The smallest absolute Gasteiger partial charge is 0.374 e. The first kappa shape index (κ1) is 34.0. The summed E-state index contributed by atoms with van der Waals surface area (Å²) in [6.45, 7) is 5.80. The van der Waals surface area contributed by atoms with Crippen molar-refractivity contribution in [3.05, 3.63) is 108 Å². The number of ether oxygens (including phenoxy) is 4. The molecule has 0 bridgehead atoms. The number of nitrogens with one attached hydrogen (secondary N) is 1. The van der Waals surface area contributed by atoms with Crippen LogP contribution in [-0.2, 0) is 61.7 Å². The quantitative estimate of drug-likeness (QED) is 0.186. The Kier molecular flexibility index (Phi) is 13.5. The normalized spacial score (nSPS) is 22.0. The van der Waals surface area contributed by atoms with Crippen LogP contribution in [0.25, 0.3) is 0 Å². The topological polar surface area (TPSA) is 111 Å². The Morgan fingerprint density at radius 2 is 1.23 bits per heavy atom. The van der Waals surface area contributed by atoms with Crippen LogP contribution >= 0.6 is 7.82 Å². The lowest BCUT2D eigenvalue weighted by Crippen LogP contribution is -2.65. The van der Waals surface area contributed by atoms with Crippen molar-refractivity contribution in [2.45, 2.75) is 71.2 Å². The van der Waals surface area contributed by atoms with Gasteiger partial charge in [-0.3, -0.25) is 18.4 Å². The van der Waals surface area contributed by atoms with Gasteiger partial charge in [-0.05, 0) is 30.5 Å². The number of hydrogen-bond donors (Lipinski definition) is 1. The second-order valence-electron chi connectivity index (χ2n) is 10.2. The molecule has 1 aliphatic heterocycles. The molecule has 1 heterocycles. The molecule has 3 aromatic carbocycles. The van der Waals surface area contributed by atoms with Crippen LogP contribution < -0.4 is 5.32 Å². The van der Waals surface area contributed by atoms with E-state index in [9.17, 15) is 9.36 Å². The first-order valence-electron chi connectivity index (χ1n) is 14.8. The fourth-order valence-electron chi connectivity index (χ4n) is 4.86. The van der Waals surface area contributed by atoms with Gasteiger partial charge in [-0.25, -0.2) is 4.57 Å². The highest BCUT2D eigenvalue weighted by Gasteiger charge is 2.51. The molecule has 0 aromatic heterocycles. The highest BCUT2D eigenvalue weighted by Crippen LogP contribution is 2.52. The fraction of sp³-hybridized carbons (Fsp3) is 0.424. The van der Waals surface area contributed by atoms with Crippen molar-refractivity contribution >= 4 is 13.7 Å². The lowest BCUT2D eigenvalue weighted by atomic mass is 9.96. The summed E-state index contributed by atoms with van der Waals surface area (Å²) in [5.74, 6) is -0.358. The molecular formula is C33H42NO9P. The fourth-order valence-corrected chi connectivity index (χ4v) is 6.12. The van der Waals surface area contributed by atoms with Crippen LogP contribution in [0.2, 0.25) is 0 Å². The summed E-state index contributed by atoms with van der Waals surface area (Å²) in [4.78, 5) is 12.5. The van der Waals surface area contributed by atoms with Crippen LogP contribution in [-0.4, -0.2) is 56.4 Å². The van der Waals surface area contributed by atoms with Crippen molar-refractivity contribution in [1.29, 1.82) is 0 Å². The molecule has 0 unspecified atom stereocenters. The lowest BCUT2D eigenvalue weighted by Gasteiger charge is -2.46. The molecule has 0 saturated carbocycles. The second-order valence-corrected chi connectivity index (χ2v) is 11.8. The zero-order valence-corrected chi connectivity index (χ0v) is 26.3. The molecule has 11 heteroatoms. The third-order valence-electron chi connectivity index (χ3n) is 6.79. The maximum Gasteiger partial charge on any atom is 0.477 e. The van der Waals surface area contributed by atoms with E-state index in [1.54, 1.807) is 13.8 Å². The van der Waals surface area contributed by atoms with Gasteiger partial charge in [-0.15, -0.1) is 0 Å². The van der Waals surface area contributed by atoms with E-state index in [1.807, 2.05) is 91.0 Å². The van der Waals surface area contributed by atoms with E-state index in [0.29, 0.717) is 6.61 Å². The van der Waals surface area contributed by atoms with Gasteiger partial charge in [0, 0.05) is 6.92 Å². The summed E-state index contributed by atoms with van der Waals surface area (Å²) in [6.07, 6.45) is -3.53. The van der Waals surface area contributed by atoms with E-state index in [1.165, 1.54) is 6.92 Å². The van der Waals surface area contributed by atoms with Gasteiger partial charge in [-0.2, -0.15) is 0 Å². The number of carbonyl (C=O) groups excluding carboxylic acids is 1. The van der Waals surface area contributed by atoms with E-state index in [0.717, 1.165) is 16.7 Å². The number of rotatable bonds is 17. The summed E-state index contributed by atoms with van der Waals surface area (Å²) in [7, 11) is -4.07. The molecule has 1 saturated heterocycles. The molecule has 1 aliphatic rings. The Hall–Kier alpha value is -2.92. The number of phosphoric ester groups is 1. The van der Waals surface area contributed by atoms with Crippen LogP contribution in [0.5, 0.6) is 0 Å². The first-order valence-corrected chi connectivity index (χ1v) is 16.3. The zero-order valence-electron chi connectivity index (χ0n) is 25.4. The SMILES string of the molecule is CCOP(=O)(OCC)O[C@H]1O[C@H](COCc2ccccc2)[C@H](OCc2ccccc2)[C@H](OCc2ccccc2)[C@H]1NC(C)=O. The van der Waals surface area contributed by atoms with Gasteiger partial charge in [-0.1, -0.05) is 91.0 Å². The van der Waals surface area contributed by atoms with E-state index in [-0.39, 0.29) is 38.9 Å². The van der Waals surface area contributed by atoms with E-state index >= 15 is 0 Å². The van der Waals surface area contributed by atoms with Gasteiger partial charge in [0.25, 0.3) is 0 Å². The first-order chi connectivity index (χ1) is 21.4. The number of carbonyl (C=O) groups is 1. The van der Waals surface area contributed by atoms with E-state index in [4.69, 9.17) is 32.5 Å². The van der Waals surface area contributed by atoms with Crippen LogP contribution in [0.1, 0.15) is 37.5 Å². The van der Waals surface area contributed by atoms with Gasteiger partial charge in [0.05, 0.1) is 39.6 Å². The maximum absolute atomic E-state index is 13.5. The molecule has 0 radical (unpaired) electrons. The summed E-state index contributed by atoms with van der Waals surface area (Å²) in [6, 6.07) is 28.2. The number of benzene rings is 3. The third-order valence-corrected chi connectivity index (χ3v) is 8.40. The van der Waals surface area contributed by atoms with Crippen molar-refractivity contribution in [3.63, 3.8) is 0 Å². The molecule has 238 valence electrons. The van der Waals surface area contributed by atoms with Crippen LogP contribution in [0.4, 0.5) is 0 Å². The second kappa shape index (κ2) is 17.5. The molecule has 10 nitrogen and oxygen atoms in total. The third kappa shape index (κ3) is 10.3. The number of phosphoric acid groups is 1. The van der Waals surface area contributed by atoms with Gasteiger partial charge in [0.2, 0.25) is 5.91 Å². The maximum atomic E-state index is 13.5. The molecule has 1 amide bonds. The number of hydrogen-bond acceptors (Lipinski definition) is 9. The molecular weight excluding hydrogens is 585 g/mol. The van der Waals surface area contributed by atoms with Crippen molar-refractivity contribution in [2.24, 2.45) is 0 Å². The largest absolute Gasteiger partial charge is 0.477 e. The van der Waals surface area contributed by atoms with Crippen molar-refractivity contribution in [1.82, 2.24) is 5.32 Å². The zero-order chi connectivity index (χ0) is 31.2. The molecule has 1 fully saturated rings. The Labute approximate surface area is 259 Å². The summed E-state index contributed by atoms with van der Waals surface area (Å²) < 4.78 is 55.8. The standard InChI is InChI=1S/C33H42NO9P/c1-4-40-44(36,41-5-2)43-33-30(34-25(3)35)32(39-23-28-19-13-8-14-20-28)31(38-22-27-17-11-7-12-18-27)29(42-33)24-37-21-26-15-9-6-10-16-26/h6-20,29-33H,4-5,21-24H2,1-3H3,(H,34,35)/t29-,30-,31+,32-,33-/m1/s1.